The van der Waals surface area contributed by atoms with Crippen molar-refractivity contribution in [2.24, 2.45) is 5.41 Å². The number of rotatable bonds is 2. The van der Waals surface area contributed by atoms with Crippen molar-refractivity contribution in [2.45, 2.75) is 44.0 Å². The Morgan fingerprint density at radius 2 is 2.24 bits per heavy atom. The van der Waals surface area contributed by atoms with Gasteiger partial charge in [-0.05, 0) is 41.6 Å². The molecule has 0 aromatic carbocycles. The van der Waals surface area contributed by atoms with Crippen molar-refractivity contribution in [2.75, 3.05) is 0 Å². The van der Waals surface area contributed by atoms with E-state index in [1.54, 1.807) is 0 Å². The SMILES string of the molecule is C=C1C2=C(C=CCC2)C(C)(C)/C1=C/C(I)CC. The van der Waals surface area contributed by atoms with Crippen LogP contribution in [0.15, 0.2) is 47.1 Å². The Labute approximate surface area is 119 Å². The molecule has 1 unspecified atom stereocenters. The van der Waals surface area contributed by atoms with Crippen molar-refractivity contribution < 1.29 is 0 Å². The molecule has 0 aliphatic heterocycles. The molecule has 1 atom stereocenters. The fraction of sp³-hybridized carbons (Fsp3) is 0.500. The summed E-state index contributed by atoms with van der Waals surface area (Å²) in [5, 5.41) is 0. The molecule has 0 nitrogen and oxygen atoms in total. The highest BCUT2D eigenvalue weighted by atomic mass is 127. The molecule has 0 fully saturated rings. The van der Waals surface area contributed by atoms with Crippen molar-refractivity contribution in [3.8, 4) is 0 Å². The first-order valence-electron chi connectivity index (χ1n) is 6.44. The van der Waals surface area contributed by atoms with Gasteiger partial charge in [0.1, 0.15) is 0 Å². The molecular formula is C16H21I. The summed E-state index contributed by atoms with van der Waals surface area (Å²) in [5.74, 6) is 0. The first-order chi connectivity index (χ1) is 7.98. The van der Waals surface area contributed by atoms with Gasteiger partial charge < -0.3 is 0 Å². The molecule has 0 amide bonds. The Balaban J connectivity index is 2.44. The number of hydrogen-bond donors (Lipinski definition) is 0. The maximum Gasteiger partial charge on any atom is 0.0292 e. The zero-order valence-electron chi connectivity index (χ0n) is 11.0. The maximum atomic E-state index is 4.34. The molecule has 2 rings (SSSR count). The summed E-state index contributed by atoms with van der Waals surface area (Å²) >= 11 is 2.52. The molecule has 0 heterocycles. The lowest BCUT2D eigenvalue weighted by molar-refractivity contribution is 0.573. The van der Waals surface area contributed by atoms with Crippen LogP contribution in [-0.2, 0) is 0 Å². The van der Waals surface area contributed by atoms with Crippen LogP contribution in [0.5, 0.6) is 0 Å². The summed E-state index contributed by atoms with van der Waals surface area (Å²) in [6, 6.07) is 0. The lowest BCUT2D eigenvalue weighted by Crippen LogP contribution is -2.14. The summed E-state index contributed by atoms with van der Waals surface area (Å²) in [4.78, 5) is 0. The Hall–Kier alpha value is -0.310. The molecular weight excluding hydrogens is 319 g/mol. The minimum atomic E-state index is 0.155. The van der Waals surface area contributed by atoms with Gasteiger partial charge in [0.05, 0.1) is 0 Å². The molecule has 0 spiro atoms. The average molecular weight is 340 g/mol. The second-order valence-electron chi connectivity index (χ2n) is 5.44. The quantitative estimate of drug-likeness (QED) is 0.468. The third-order valence-corrected chi connectivity index (χ3v) is 5.18. The average Bonchev–Trinajstić information content (AvgIpc) is 2.51. The molecule has 0 saturated carbocycles. The van der Waals surface area contributed by atoms with Crippen LogP contribution in [0.1, 0.15) is 40.0 Å². The van der Waals surface area contributed by atoms with Crippen LogP contribution in [-0.4, -0.2) is 3.92 Å². The van der Waals surface area contributed by atoms with Crippen LogP contribution in [0, 0.1) is 5.41 Å². The first-order valence-corrected chi connectivity index (χ1v) is 7.69. The zero-order valence-corrected chi connectivity index (χ0v) is 13.2. The van der Waals surface area contributed by atoms with Gasteiger partial charge in [0.2, 0.25) is 0 Å². The molecule has 0 N–H and O–H groups in total. The van der Waals surface area contributed by atoms with Crippen LogP contribution in [0.4, 0.5) is 0 Å². The Morgan fingerprint density at radius 3 is 2.82 bits per heavy atom. The molecule has 2 aliphatic rings. The highest BCUT2D eigenvalue weighted by Gasteiger charge is 2.38. The van der Waals surface area contributed by atoms with Crippen molar-refractivity contribution in [1.29, 1.82) is 0 Å². The van der Waals surface area contributed by atoms with E-state index in [2.05, 4.69) is 68.2 Å². The van der Waals surface area contributed by atoms with E-state index in [1.807, 2.05) is 0 Å². The van der Waals surface area contributed by atoms with Crippen molar-refractivity contribution in [3.63, 3.8) is 0 Å². The predicted octanol–water partition coefficient (Wildman–Crippen LogP) is 5.37. The lowest BCUT2D eigenvalue weighted by Gasteiger charge is -2.25. The number of halogens is 1. The normalized spacial score (nSPS) is 26.6. The van der Waals surface area contributed by atoms with Gasteiger partial charge in [-0.25, -0.2) is 0 Å². The number of alkyl halides is 1. The summed E-state index contributed by atoms with van der Waals surface area (Å²) in [6.45, 7) is 11.3. The molecule has 0 aromatic heterocycles. The summed E-state index contributed by atoms with van der Waals surface area (Å²) in [6.07, 6.45) is 10.6. The monoisotopic (exact) mass is 340 g/mol. The number of hydrogen-bond acceptors (Lipinski definition) is 0. The first kappa shape index (κ1) is 13.1. The van der Waals surface area contributed by atoms with Crippen molar-refractivity contribution in [1.82, 2.24) is 0 Å². The van der Waals surface area contributed by atoms with E-state index < -0.39 is 0 Å². The van der Waals surface area contributed by atoms with Crippen molar-refractivity contribution >= 4 is 22.6 Å². The maximum absolute atomic E-state index is 4.34. The Bertz CT molecular complexity index is 432. The third kappa shape index (κ3) is 2.18. The molecule has 17 heavy (non-hydrogen) atoms. The molecule has 1 heteroatoms. The molecule has 92 valence electrons. The third-order valence-electron chi connectivity index (χ3n) is 3.94. The van der Waals surface area contributed by atoms with Crippen LogP contribution in [0.25, 0.3) is 0 Å². The largest absolute Gasteiger partial charge is 0.0912 e. The fourth-order valence-corrected chi connectivity index (χ4v) is 3.22. The van der Waals surface area contributed by atoms with Gasteiger partial charge in [0, 0.05) is 9.34 Å². The summed E-state index contributed by atoms with van der Waals surface area (Å²) in [5.41, 5.74) is 5.91. The van der Waals surface area contributed by atoms with E-state index in [0.717, 1.165) is 0 Å². The van der Waals surface area contributed by atoms with Gasteiger partial charge in [0.15, 0.2) is 0 Å². The van der Waals surface area contributed by atoms with Crippen LogP contribution in [0.2, 0.25) is 0 Å². The summed E-state index contributed by atoms with van der Waals surface area (Å²) in [7, 11) is 0. The van der Waals surface area contributed by atoms with Gasteiger partial charge in [0.25, 0.3) is 0 Å². The Kier molecular flexibility index (Phi) is 3.67. The van der Waals surface area contributed by atoms with E-state index in [-0.39, 0.29) is 5.41 Å². The van der Waals surface area contributed by atoms with Gasteiger partial charge in [-0.15, -0.1) is 0 Å². The van der Waals surface area contributed by atoms with E-state index in [0.29, 0.717) is 3.92 Å². The molecule has 0 radical (unpaired) electrons. The van der Waals surface area contributed by atoms with E-state index in [4.69, 9.17) is 0 Å². The minimum Gasteiger partial charge on any atom is -0.0912 e. The molecule has 0 bridgehead atoms. The second-order valence-corrected chi connectivity index (χ2v) is 7.04. The van der Waals surface area contributed by atoms with E-state index >= 15 is 0 Å². The highest BCUT2D eigenvalue weighted by Crippen LogP contribution is 2.52. The summed E-state index contributed by atoms with van der Waals surface area (Å²) < 4.78 is 0.615. The molecule has 0 aromatic rings. The van der Waals surface area contributed by atoms with Crippen molar-refractivity contribution in [3.05, 3.63) is 47.1 Å². The Morgan fingerprint density at radius 1 is 1.53 bits per heavy atom. The predicted molar refractivity (Wildman–Crippen MR) is 84.5 cm³/mol. The number of allylic oxidation sites excluding steroid dienone is 7. The molecule has 2 aliphatic carbocycles. The second kappa shape index (κ2) is 4.75. The van der Waals surface area contributed by atoms with E-state index in [1.165, 1.54) is 41.6 Å². The minimum absolute atomic E-state index is 0.155. The van der Waals surface area contributed by atoms with Crippen LogP contribution >= 0.6 is 22.6 Å². The van der Waals surface area contributed by atoms with Crippen LogP contribution < -0.4 is 0 Å². The zero-order chi connectivity index (χ0) is 12.6. The lowest BCUT2D eigenvalue weighted by atomic mass is 9.79. The van der Waals surface area contributed by atoms with Gasteiger partial charge in [-0.3, -0.25) is 0 Å². The van der Waals surface area contributed by atoms with Crippen LogP contribution in [0.3, 0.4) is 0 Å². The fourth-order valence-electron chi connectivity index (χ4n) is 2.86. The standard InChI is InChI=1S/C16H21I/c1-5-12(17)10-15-11(2)13-8-6-7-9-14(13)16(15,3)4/h7,9-10,12H,2,5-6,8H2,1,3-4H3/b15-10+. The highest BCUT2D eigenvalue weighted by molar-refractivity contribution is 14.1. The van der Waals surface area contributed by atoms with Gasteiger partial charge in [-0.1, -0.05) is 68.2 Å². The van der Waals surface area contributed by atoms with Gasteiger partial charge >= 0.3 is 0 Å². The van der Waals surface area contributed by atoms with E-state index in [9.17, 15) is 0 Å². The topological polar surface area (TPSA) is 0 Å². The van der Waals surface area contributed by atoms with Gasteiger partial charge in [-0.2, -0.15) is 0 Å². The molecule has 0 saturated heterocycles. The smallest absolute Gasteiger partial charge is 0.0292 e.